The molecule has 0 spiro atoms. The van der Waals surface area contributed by atoms with Gasteiger partial charge in [0.2, 0.25) is 0 Å². The molecular formula is C25H32N4O2. The number of para-hydroxylation sites is 1. The van der Waals surface area contributed by atoms with Gasteiger partial charge in [0.05, 0.1) is 26.3 Å². The lowest BCUT2D eigenvalue weighted by Crippen LogP contribution is -2.36. The van der Waals surface area contributed by atoms with Gasteiger partial charge in [-0.2, -0.15) is 0 Å². The second kappa shape index (κ2) is 10.4. The summed E-state index contributed by atoms with van der Waals surface area (Å²) in [5, 5.41) is 7.98. The maximum Gasteiger partial charge on any atom is 0.191 e. The van der Waals surface area contributed by atoms with Crippen molar-refractivity contribution in [2.24, 2.45) is 10.9 Å². The number of aliphatic imine (C=N–C) groups is 1. The topological polar surface area (TPSA) is 70.7 Å². The Kier molecular flexibility index (Phi) is 7.10. The zero-order valence-electron chi connectivity index (χ0n) is 18.4. The number of H-pyrrole nitrogens is 1. The Morgan fingerprint density at radius 3 is 2.90 bits per heavy atom. The Balaban J connectivity index is 1.41. The number of rotatable bonds is 8. The predicted octanol–water partition coefficient (Wildman–Crippen LogP) is 4.15. The van der Waals surface area contributed by atoms with E-state index < -0.39 is 0 Å². The maximum absolute atomic E-state index is 6.16. The smallest absolute Gasteiger partial charge is 0.191 e. The Bertz CT molecular complexity index is 988. The fourth-order valence-corrected chi connectivity index (χ4v) is 3.76. The minimum absolute atomic E-state index is 0.479. The summed E-state index contributed by atoms with van der Waals surface area (Å²) in [6.07, 6.45) is 1.07. The summed E-state index contributed by atoms with van der Waals surface area (Å²) in [6.45, 7) is 8.53. The summed E-state index contributed by atoms with van der Waals surface area (Å²) in [6, 6.07) is 16.8. The fraction of sp³-hybridized carbons (Fsp3) is 0.400. The minimum Gasteiger partial charge on any atom is -0.493 e. The van der Waals surface area contributed by atoms with E-state index >= 15 is 0 Å². The van der Waals surface area contributed by atoms with Crippen molar-refractivity contribution in [2.75, 3.05) is 26.4 Å². The van der Waals surface area contributed by atoms with Gasteiger partial charge in [-0.05, 0) is 49.4 Å². The summed E-state index contributed by atoms with van der Waals surface area (Å²) in [7, 11) is 0. The Morgan fingerprint density at radius 1 is 1.19 bits per heavy atom. The standard InChI is InChI=1S/C25H32N4O2/c1-3-26-25(28-15-22-13-20-6-4-5-7-23(20)29-22)27-14-21-9-8-18(2)12-24(21)31-17-19-10-11-30-16-19/h4-9,12-13,19,29H,3,10-11,14-17H2,1-2H3,(H2,26,27,28). The number of aromatic amines is 1. The number of aryl methyl sites for hydroxylation is 1. The highest BCUT2D eigenvalue weighted by Gasteiger charge is 2.17. The van der Waals surface area contributed by atoms with Gasteiger partial charge < -0.3 is 25.1 Å². The van der Waals surface area contributed by atoms with Crippen molar-refractivity contribution in [3.05, 3.63) is 65.4 Å². The summed E-state index contributed by atoms with van der Waals surface area (Å²) < 4.78 is 11.6. The molecule has 1 aliphatic rings. The number of fused-ring (bicyclic) bond motifs is 1. The summed E-state index contributed by atoms with van der Waals surface area (Å²) >= 11 is 0. The van der Waals surface area contributed by atoms with Crippen LogP contribution in [0.25, 0.3) is 10.9 Å². The molecule has 6 heteroatoms. The van der Waals surface area contributed by atoms with E-state index in [1.807, 2.05) is 6.07 Å². The quantitative estimate of drug-likeness (QED) is 0.378. The summed E-state index contributed by atoms with van der Waals surface area (Å²) in [5.74, 6) is 2.19. The van der Waals surface area contributed by atoms with Gasteiger partial charge in [-0.3, -0.25) is 0 Å². The number of nitrogens with zero attached hydrogens (tertiary/aromatic N) is 1. The molecule has 6 nitrogen and oxygen atoms in total. The third-order valence-corrected chi connectivity index (χ3v) is 5.50. The number of hydrogen-bond acceptors (Lipinski definition) is 3. The van der Waals surface area contributed by atoms with Crippen LogP contribution in [-0.4, -0.2) is 37.3 Å². The number of hydrogen-bond donors (Lipinski definition) is 3. The summed E-state index contributed by atoms with van der Waals surface area (Å²) in [4.78, 5) is 8.25. The van der Waals surface area contributed by atoms with E-state index in [1.165, 1.54) is 10.9 Å². The van der Waals surface area contributed by atoms with Crippen LogP contribution in [0.2, 0.25) is 0 Å². The van der Waals surface area contributed by atoms with E-state index in [0.29, 0.717) is 25.6 Å². The molecule has 0 saturated carbocycles. The molecule has 4 rings (SSSR count). The van der Waals surface area contributed by atoms with Gasteiger partial charge in [-0.15, -0.1) is 0 Å². The second-order valence-corrected chi connectivity index (χ2v) is 8.08. The van der Waals surface area contributed by atoms with Gasteiger partial charge >= 0.3 is 0 Å². The van der Waals surface area contributed by atoms with Crippen LogP contribution in [-0.2, 0) is 17.8 Å². The number of aromatic nitrogens is 1. The molecule has 31 heavy (non-hydrogen) atoms. The van der Waals surface area contributed by atoms with Crippen LogP contribution in [0.4, 0.5) is 0 Å². The highest BCUT2D eigenvalue weighted by Crippen LogP contribution is 2.23. The molecule has 1 saturated heterocycles. The zero-order chi connectivity index (χ0) is 21.5. The van der Waals surface area contributed by atoms with Crippen LogP contribution >= 0.6 is 0 Å². The molecule has 0 amide bonds. The van der Waals surface area contributed by atoms with Crippen molar-refractivity contribution in [3.63, 3.8) is 0 Å². The van der Waals surface area contributed by atoms with Crippen LogP contribution < -0.4 is 15.4 Å². The first-order valence-corrected chi connectivity index (χ1v) is 11.1. The van der Waals surface area contributed by atoms with E-state index in [4.69, 9.17) is 14.5 Å². The number of guanidine groups is 1. The molecule has 3 N–H and O–H groups in total. The molecule has 0 bridgehead atoms. The highest BCUT2D eigenvalue weighted by atomic mass is 16.5. The van der Waals surface area contributed by atoms with Crippen LogP contribution in [0.5, 0.6) is 5.75 Å². The minimum atomic E-state index is 0.479. The Morgan fingerprint density at radius 2 is 2.10 bits per heavy atom. The first-order chi connectivity index (χ1) is 15.2. The molecule has 1 atom stereocenters. The van der Waals surface area contributed by atoms with Gasteiger partial charge in [-0.1, -0.05) is 30.3 Å². The molecule has 0 radical (unpaired) electrons. The van der Waals surface area contributed by atoms with Gasteiger partial charge in [0.15, 0.2) is 5.96 Å². The van der Waals surface area contributed by atoms with Crippen LogP contribution in [0.15, 0.2) is 53.5 Å². The van der Waals surface area contributed by atoms with E-state index in [9.17, 15) is 0 Å². The SMILES string of the molecule is CCNC(=NCc1ccc(C)cc1OCC1CCOC1)NCc1cc2ccccc2[nH]1. The fourth-order valence-electron chi connectivity index (χ4n) is 3.76. The van der Waals surface area contributed by atoms with Gasteiger partial charge in [0, 0.05) is 35.8 Å². The number of ether oxygens (including phenoxy) is 2. The molecular weight excluding hydrogens is 388 g/mol. The molecule has 2 heterocycles. The first-order valence-electron chi connectivity index (χ1n) is 11.1. The van der Waals surface area contributed by atoms with Gasteiger partial charge in [0.25, 0.3) is 0 Å². The Labute approximate surface area is 184 Å². The average molecular weight is 421 g/mol. The van der Waals surface area contributed by atoms with Crippen LogP contribution in [0, 0.1) is 12.8 Å². The molecule has 1 aliphatic heterocycles. The van der Waals surface area contributed by atoms with E-state index in [0.717, 1.165) is 54.7 Å². The third kappa shape index (κ3) is 5.79. The van der Waals surface area contributed by atoms with Gasteiger partial charge in [-0.25, -0.2) is 4.99 Å². The van der Waals surface area contributed by atoms with Crippen molar-refractivity contribution < 1.29 is 9.47 Å². The van der Waals surface area contributed by atoms with E-state index in [2.05, 4.69) is 71.9 Å². The lowest BCUT2D eigenvalue weighted by Gasteiger charge is -2.15. The largest absolute Gasteiger partial charge is 0.493 e. The van der Waals surface area contributed by atoms with Crippen molar-refractivity contribution >= 4 is 16.9 Å². The molecule has 1 fully saturated rings. The number of nitrogens with one attached hydrogen (secondary N) is 3. The average Bonchev–Trinajstić information content (AvgIpc) is 3.44. The van der Waals surface area contributed by atoms with Crippen molar-refractivity contribution in [1.29, 1.82) is 0 Å². The molecule has 164 valence electrons. The van der Waals surface area contributed by atoms with Crippen molar-refractivity contribution in [1.82, 2.24) is 15.6 Å². The Hall–Kier alpha value is -2.99. The van der Waals surface area contributed by atoms with E-state index in [-0.39, 0.29) is 0 Å². The monoisotopic (exact) mass is 420 g/mol. The zero-order valence-corrected chi connectivity index (χ0v) is 18.4. The van der Waals surface area contributed by atoms with Crippen LogP contribution in [0.3, 0.4) is 0 Å². The van der Waals surface area contributed by atoms with E-state index in [1.54, 1.807) is 0 Å². The van der Waals surface area contributed by atoms with Crippen molar-refractivity contribution in [2.45, 2.75) is 33.4 Å². The maximum atomic E-state index is 6.16. The second-order valence-electron chi connectivity index (χ2n) is 8.08. The first kappa shape index (κ1) is 21.2. The lowest BCUT2D eigenvalue weighted by atomic mass is 10.1. The third-order valence-electron chi connectivity index (χ3n) is 5.50. The predicted molar refractivity (Wildman–Crippen MR) is 126 cm³/mol. The molecule has 1 aromatic heterocycles. The lowest BCUT2D eigenvalue weighted by molar-refractivity contribution is 0.166. The normalized spacial score (nSPS) is 16.6. The molecule has 2 aromatic carbocycles. The summed E-state index contributed by atoms with van der Waals surface area (Å²) in [5.41, 5.74) is 4.56. The number of benzene rings is 2. The van der Waals surface area contributed by atoms with Crippen LogP contribution in [0.1, 0.15) is 30.2 Å². The molecule has 0 aliphatic carbocycles. The molecule has 3 aromatic rings. The highest BCUT2D eigenvalue weighted by molar-refractivity contribution is 5.81. The van der Waals surface area contributed by atoms with Gasteiger partial charge in [0.1, 0.15) is 5.75 Å². The van der Waals surface area contributed by atoms with Crippen molar-refractivity contribution in [3.8, 4) is 5.75 Å². The molecule has 1 unspecified atom stereocenters.